The molecule has 0 aliphatic heterocycles. The molecule has 0 N–H and O–H groups in total. The summed E-state index contributed by atoms with van der Waals surface area (Å²) in [5.74, 6) is -0.644. The van der Waals surface area contributed by atoms with Crippen LogP contribution in [0.25, 0.3) is 0 Å². The third-order valence-corrected chi connectivity index (χ3v) is 3.57. The van der Waals surface area contributed by atoms with Crippen LogP contribution in [0.15, 0.2) is 12.2 Å². The second-order valence-electron chi connectivity index (χ2n) is 5.64. The van der Waals surface area contributed by atoms with Crippen molar-refractivity contribution >= 4 is 11.9 Å². The van der Waals surface area contributed by atoms with E-state index in [1.54, 1.807) is 0 Å². The highest BCUT2D eigenvalue weighted by Crippen LogP contribution is 2.15. The van der Waals surface area contributed by atoms with Gasteiger partial charge in [0.1, 0.15) is 6.10 Å². The van der Waals surface area contributed by atoms with Gasteiger partial charge in [0.25, 0.3) is 0 Å². The number of ether oxygens (including phenoxy) is 2. The van der Waals surface area contributed by atoms with Crippen molar-refractivity contribution in [3.8, 4) is 0 Å². The first-order valence-corrected chi connectivity index (χ1v) is 8.96. The molecule has 0 amide bonds. The minimum absolute atomic E-state index is 0.0651. The number of hydrogen-bond donors (Lipinski definition) is 0. The number of carbonyl (C=O) groups is 2. The minimum atomic E-state index is -0.497. The number of rotatable bonds is 7. The molecule has 0 fully saturated rings. The largest absolute Gasteiger partial charge is 0.463 e. The van der Waals surface area contributed by atoms with Crippen molar-refractivity contribution in [3.05, 3.63) is 12.2 Å². The number of unbranched alkanes of at least 4 members (excludes halogenated alkanes) is 1. The van der Waals surface area contributed by atoms with E-state index in [1.807, 2.05) is 26.8 Å². The molecule has 2 unspecified atom stereocenters. The van der Waals surface area contributed by atoms with Crippen LogP contribution in [-0.4, -0.2) is 24.1 Å². The summed E-state index contributed by atoms with van der Waals surface area (Å²) in [5.41, 5.74) is 0. The van der Waals surface area contributed by atoms with E-state index < -0.39 is 5.97 Å². The van der Waals surface area contributed by atoms with Gasteiger partial charge in [0.15, 0.2) is 0 Å². The van der Waals surface area contributed by atoms with E-state index in [2.05, 4.69) is 6.08 Å². The first-order valence-electron chi connectivity index (χ1n) is 9.67. The van der Waals surface area contributed by atoms with Crippen LogP contribution < -0.4 is 0 Å². The molecular weight excluding hydrogens is 292 g/mol. The van der Waals surface area contributed by atoms with Crippen molar-refractivity contribution < 1.29 is 20.4 Å². The van der Waals surface area contributed by atoms with Crippen LogP contribution in [0, 0.1) is 0 Å². The Morgan fingerprint density at radius 1 is 1.26 bits per heavy atom. The molecule has 0 saturated carbocycles. The Kier molecular flexibility index (Phi) is 12.3. The average Bonchev–Trinajstić information content (AvgIpc) is 2.55. The monoisotopic (exact) mass is 327 g/mol. The summed E-state index contributed by atoms with van der Waals surface area (Å²) < 4.78 is 17.4. The molecule has 0 spiro atoms. The molecule has 0 aromatic rings. The molecule has 0 bridgehead atoms. The van der Waals surface area contributed by atoms with Crippen LogP contribution in [0.4, 0.5) is 0 Å². The predicted molar refractivity (Wildman–Crippen MR) is 93.1 cm³/mol. The topological polar surface area (TPSA) is 52.6 Å². The second-order valence-corrected chi connectivity index (χ2v) is 5.64. The van der Waals surface area contributed by atoms with E-state index in [9.17, 15) is 9.59 Å². The van der Waals surface area contributed by atoms with Crippen LogP contribution in [0.5, 0.6) is 0 Å². The van der Waals surface area contributed by atoms with Crippen LogP contribution >= 0.6 is 0 Å². The zero-order valence-corrected chi connectivity index (χ0v) is 15.0. The van der Waals surface area contributed by atoms with Crippen LogP contribution in [-0.2, 0) is 19.1 Å². The highest BCUT2D eigenvalue weighted by molar-refractivity contribution is 5.69. The van der Waals surface area contributed by atoms with E-state index in [-0.39, 0.29) is 25.1 Å². The molecule has 2 atom stereocenters. The minimum Gasteiger partial charge on any atom is -0.463 e. The fraction of sp³-hybridized carbons (Fsp3) is 0.789. The van der Waals surface area contributed by atoms with E-state index in [4.69, 9.17) is 10.8 Å². The van der Waals surface area contributed by atoms with Crippen molar-refractivity contribution in [2.45, 2.75) is 97.7 Å². The lowest BCUT2D eigenvalue weighted by Gasteiger charge is -2.16. The summed E-state index contributed by atoms with van der Waals surface area (Å²) in [6.45, 7) is 5.47. The van der Waals surface area contributed by atoms with Crippen LogP contribution in [0.1, 0.15) is 86.8 Å². The van der Waals surface area contributed by atoms with Crippen molar-refractivity contribution in [2.24, 2.45) is 0 Å². The molecule has 134 valence electrons. The van der Waals surface area contributed by atoms with E-state index >= 15 is 0 Å². The summed E-state index contributed by atoms with van der Waals surface area (Å²) in [6.07, 6.45) is 12.1. The zero-order chi connectivity index (χ0) is 18.2. The van der Waals surface area contributed by atoms with E-state index in [0.29, 0.717) is 12.8 Å². The maximum atomic E-state index is 11.8. The van der Waals surface area contributed by atoms with Crippen LogP contribution in [0.2, 0.25) is 0 Å². The van der Waals surface area contributed by atoms with Gasteiger partial charge in [-0.05, 0) is 57.9 Å². The molecule has 0 aromatic heterocycles. The first kappa shape index (κ1) is 19.7. The quantitative estimate of drug-likeness (QED) is 0.377. The predicted octanol–water partition coefficient (Wildman–Crippen LogP) is 4.96. The molecule has 1 rings (SSSR count). The van der Waals surface area contributed by atoms with Crippen LogP contribution in [0.3, 0.4) is 0 Å². The molecular formula is C19H34O4. The molecule has 0 aromatic carbocycles. The average molecular weight is 327 g/mol. The number of hydrogen-bond acceptors (Lipinski definition) is 4. The molecule has 0 heterocycles. The third kappa shape index (κ3) is 12.9. The smallest absolute Gasteiger partial charge is 0.306 e. The van der Waals surface area contributed by atoms with Gasteiger partial charge in [-0.2, -0.15) is 0 Å². The normalized spacial score (nSPS) is 20.7. The Hall–Kier alpha value is -1.32. The number of allylic oxidation sites excluding steroid dienone is 1. The van der Waals surface area contributed by atoms with Gasteiger partial charge in [0.05, 0.1) is 6.10 Å². The molecule has 4 nitrogen and oxygen atoms in total. The van der Waals surface area contributed by atoms with Gasteiger partial charge >= 0.3 is 11.9 Å². The Balaban J connectivity index is 0.00000254. The maximum Gasteiger partial charge on any atom is 0.306 e. The standard InChI is InChI=1S/C17H28O4.C2H6/c1-14(20-15(2)18)10-8-9-13-17(19)21-16-11-6-4-3-5-7-12-16;1-2/h6,11,14,16H,3-5,7-10,12-13H2,1-2H3;1-2H3/b11-6+;/i2D;. The lowest BCUT2D eigenvalue weighted by Crippen LogP contribution is -2.17. The summed E-state index contributed by atoms with van der Waals surface area (Å²) in [5, 5.41) is 0. The molecule has 4 heteroatoms. The van der Waals surface area contributed by atoms with Gasteiger partial charge in [-0.15, -0.1) is 0 Å². The Morgan fingerprint density at radius 2 is 2.04 bits per heavy atom. The van der Waals surface area contributed by atoms with Crippen molar-refractivity contribution in [3.63, 3.8) is 0 Å². The van der Waals surface area contributed by atoms with Gasteiger partial charge in [0, 0.05) is 14.7 Å². The molecule has 0 saturated heterocycles. The first-order chi connectivity index (χ1) is 11.6. The molecule has 1 aliphatic rings. The molecule has 1 aliphatic carbocycles. The Bertz CT molecular complexity index is 368. The highest BCUT2D eigenvalue weighted by atomic mass is 16.5. The van der Waals surface area contributed by atoms with E-state index in [1.165, 1.54) is 12.8 Å². The lowest BCUT2D eigenvalue weighted by atomic mass is 10.0. The number of esters is 2. The molecule has 23 heavy (non-hydrogen) atoms. The fourth-order valence-corrected chi connectivity index (χ4v) is 2.44. The Labute approximate surface area is 143 Å². The van der Waals surface area contributed by atoms with Gasteiger partial charge in [0.2, 0.25) is 0 Å². The van der Waals surface area contributed by atoms with Gasteiger partial charge in [-0.3, -0.25) is 9.59 Å². The highest BCUT2D eigenvalue weighted by Gasteiger charge is 2.13. The van der Waals surface area contributed by atoms with Gasteiger partial charge in [-0.25, -0.2) is 0 Å². The summed E-state index contributed by atoms with van der Waals surface area (Å²) in [6, 6.07) is 0. The van der Waals surface area contributed by atoms with E-state index in [0.717, 1.165) is 32.1 Å². The maximum absolute atomic E-state index is 11.8. The van der Waals surface area contributed by atoms with Crippen molar-refractivity contribution in [1.29, 1.82) is 0 Å². The third-order valence-electron chi connectivity index (χ3n) is 3.57. The second kappa shape index (κ2) is 14.3. The SMILES string of the molecule is CC.[2H]CC(=O)OC(C)CCCCC(=O)OC1/C=C/CCCCC1. The van der Waals surface area contributed by atoms with Crippen molar-refractivity contribution in [1.82, 2.24) is 0 Å². The van der Waals surface area contributed by atoms with Gasteiger partial charge in [-0.1, -0.05) is 26.3 Å². The lowest BCUT2D eigenvalue weighted by molar-refractivity contribution is -0.148. The fourth-order valence-electron chi connectivity index (χ4n) is 2.44. The van der Waals surface area contributed by atoms with Gasteiger partial charge < -0.3 is 9.47 Å². The van der Waals surface area contributed by atoms with Crippen molar-refractivity contribution in [2.75, 3.05) is 0 Å². The number of carbonyl (C=O) groups excluding carboxylic acids is 2. The summed E-state index contributed by atoms with van der Waals surface area (Å²) in [7, 11) is 0. The zero-order valence-electron chi connectivity index (χ0n) is 16.0. The summed E-state index contributed by atoms with van der Waals surface area (Å²) >= 11 is 0. The Morgan fingerprint density at radius 3 is 2.78 bits per heavy atom. The summed E-state index contributed by atoms with van der Waals surface area (Å²) in [4.78, 5) is 22.8. The molecule has 0 radical (unpaired) electrons.